The van der Waals surface area contributed by atoms with Gasteiger partial charge in [-0.25, -0.2) is 4.98 Å². The molecule has 0 atom stereocenters. The number of hydrogen-bond acceptors (Lipinski definition) is 3. The summed E-state index contributed by atoms with van der Waals surface area (Å²) in [6, 6.07) is 8.79. The number of nitrogens with zero attached hydrogens (tertiary/aromatic N) is 1. The summed E-state index contributed by atoms with van der Waals surface area (Å²) in [5, 5.41) is 2.77. The Morgan fingerprint density at radius 2 is 2.05 bits per heavy atom. The number of carbonyl (C=O) groups is 1. The highest BCUT2D eigenvalue weighted by atomic mass is 79.9. The van der Waals surface area contributed by atoms with E-state index in [4.69, 9.17) is 4.74 Å². The van der Waals surface area contributed by atoms with Crippen LogP contribution in [0.2, 0.25) is 0 Å². The minimum absolute atomic E-state index is 0.202. The van der Waals surface area contributed by atoms with E-state index >= 15 is 0 Å². The van der Waals surface area contributed by atoms with Crippen molar-refractivity contribution in [2.45, 2.75) is 0 Å². The summed E-state index contributed by atoms with van der Waals surface area (Å²) in [5.74, 6) is 0.300. The largest absolute Gasteiger partial charge is 0.481 e. The third-order valence-electron chi connectivity index (χ3n) is 2.38. The molecule has 1 heterocycles. The van der Waals surface area contributed by atoms with E-state index in [1.807, 2.05) is 12.1 Å². The summed E-state index contributed by atoms with van der Waals surface area (Å²) in [5.41, 5.74) is 1.17. The Balaban J connectivity index is 2.15. The maximum Gasteiger partial charge on any atom is 0.256 e. The van der Waals surface area contributed by atoms with E-state index in [1.54, 1.807) is 31.5 Å². The molecule has 0 spiro atoms. The summed E-state index contributed by atoms with van der Waals surface area (Å²) < 4.78 is 6.58. The van der Waals surface area contributed by atoms with Crippen molar-refractivity contribution in [2.75, 3.05) is 12.4 Å². The van der Waals surface area contributed by atoms with Crippen molar-refractivity contribution in [1.29, 1.82) is 0 Å². The van der Waals surface area contributed by atoms with Crippen molar-refractivity contribution in [3.63, 3.8) is 0 Å². The van der Waals surface area contributed by atoms with Crippen LogP contribution in [0.25, 0.3) is 0 Å². The van der Waals surface area contributed by atoms with Gasteiger partial charge in [-0.1, -0.05) is 15.9 Å². The lowest BCUT2D eigenvalue weighted by Crippen LogP contribution is -2.12. The van der Waals surface area contributed by atoms with Crippen LogP contribution in [0.5, 0.6) is 5.88 Å². The van der Waals surface area contributed by atoms with Crippen molar-refractivity contribution in [1.82, 2.24) is 4.98 Å². The van der Waals surface area contributed by atoms with Crippen LogP contribution in [0.1, 0.15) is 10.4 Å². The van der Waals surface area contributed by atoms with Crippen LogP contribution in [0.4, 0.5) is 5.69 Å². The van der Waals surface area contributed by atoms with E-state index in [0.29, 0.717) is 17.1 Å². The zero-order chi connectivity index (χ0) is 13.8. The fourth-order valence-corrected chi connectivity index (χ4v) is 2.67. The molecule has 0 bridgehead atoms. The van der Waals surface area contributed by atoms with Gasteiger partial charge in [0.1, 0.15) is 0 Å². The summed E-state index contributed by atoms with van der Waals surface area (Å²) in [6.07, 6.45) is 1.55. The molecule has 0 saturated heterocycles. The standard InChI is InChI=1S/C13H10Br2N2O2/c1-19-12-5-3-9(7-16-12)17-13(18)10-4-2-8(14)6-11(10)15/h2-7H,1H3,(H,17,18). The highest BCUT2D eigenvalue weighted by Crippen LogP contribution is 2.23. The van der Waals surface area contributed by atoms with Crippen molar-refractivity contribution in [3.05, 3.63) is 51.0 Å². The summed E-state index contributed by atoms with van der Waals surface area (Å²) >= 11 is 6.70. The average Bonchev–Trinajstić information content (AvgIpc) is 2.39. The highest BCUT2D eigenvalue weighted by molar-refractivity contribution is 9.11. The monoisotopic (exact) mass is 384 g/mol. The van der Waals surface area contributed by atoms with E-state index in [2.05, 4.69) is 42.2 Å². The van der Waals surface area contributed by atoms with Crippen molar-refractivity contribution in [2.24, 2.45) is 0 Å². The Hall–Kier alpha value is -1.40. The first-order valence-corrected chi connectivity index (χ1v) is 6.95. The maximum atomic E-state index is 12.1. The molecule has 1 amide bonds. The SMILES string of the molecule is COc1ccc(NC(=O)c2ccc(Br)cc2Br)cn1. The van der Waals surface area contributed by atoms with E-state index in [1.165, 1.54) is 0 Å². The smallest absolute Gasteiger partial charge is 0.256 e. The van der Waals surface area contributed by atoms with Gasteiger partial charge in [0.25, 0.3) is 5.91 Å². The Bertz CT molecular complexity index is 600. The first-order valence-electron chi connectivity index (χ1n) is 5.36. The van der Waals surface area contributed by atoms with Gasteiger partial charge in [-0.15, -0.1) is 0 Å². The fourth-order valence-electron chi connectivity index (χ4n) is 1.45. The van der Waals surface area contributed by atoms with E-state index < -0.39 is 0 Å². The van der Waals surface area contributed by atoms with E-state index in [0.717, 1.165) is 8.95 Å². The van der Waals surface area contributed by atoms with Gasteiger partial charge in [-0.05, 0) is 40.2 Å². The molecule has 6 heteroatoms. The van der Waals surface area contributed by atoms with Crippen LogP contribution < -0.4 is 10.1 Å². The fraction of sp³-hybridized carbons (Fsp3) is 0.0769. The number of amides is 1. The topological polar surface area (TPSA) is 51.2 Å². The molecule has 0 aliphatic rings. The molecule has 2 rings (SSSR count). The predicted molar refractivity (Wildman–Crippen MR) is 80.6 cm³/mol. The first kappa shape index (κ1) is 14.0. The van der Waals surface area contributed by atoms with Crippen LogP contribution in [0.15, 0.2) is 45.5 Å². The summed E-state index contributed by atoms with van der Waals surface area (Å²) in [7, 11) is 1.54. The van der Waals surface area contributed by atoms with Gasteiger partial charge in [0.05, 0.1) is 24.6 Å². The minimum Gasteiger partial charge on any atom is -0.481 e. The number of nitrogens with one attached hydrogen (secondary N) is 1. The molecule has 4 nitrogen and oxygen atoms in total. The maximum absolute atomic E-state index is 12.1. The lowest BCUT2D eigenvalue weighted by molar-refractivity contribution is 0.102. The van der Waals surface area contributed by atoms with Crippen molar-refractivity contribution >= 4 is 43.5 Å². The Kier molecular flexibility index (Phi) is 4.55. The molecule has 1 aromatic carbocycles. The molecule has 0 unspecified atom stereocenters. The molecule has 2 aromatic rings. The Morgan fingerprint density at radius 3 is 2.63 bits per heavy atom. The number of pyridine rings is 1. The molecule has 0 fully saturated rings. The molecule has 19 heavy (non-hydrogen) atoms. The minimum atomic E-state index is -0.202. The molecule has 0 aliphatic carbocycles. The molecule has 0 aliphatic heterocycles. The number of carbonyl (C=O) groups excluding carboxylic acids is 1. The van der Waals surface area contributed by atoms with Crippen LogP contribution in [0.3, 0.4) is 0 Å². The molecule has 0 radical (unpaired) electrons. The highest BCUT2D eigenvalue weighted by Gasteiger charge is 2.10. The Morgan fingerprint density at radius 1 is 1.26 bits per heavy atom. The quantitative estimate of drug-likeness (QED) is 0.872. The van der Waals surface area contributed by atoms with Gasteiger partial charge in [0.15, 0.2) is 0 Å². The van der Waals surface area contributed by atoms with E-state index in [9.17, 15) is 4.79 Å². The predicted octanol–water partition coefficient (Wildman–Crippen LogP) is 3.87. The number of rotatable bonds is 3. The second-order valence-electron chi connectivity index (χ2n) is 3.67. The number of hydrogen-bond donors (Lipinski definition) is 1. The van der Waals surface area contributed by atoms with Crippen LogP contribution >= 0.6 is 31.9 Å². The zero-order valence-corrected chi connectivity index (χ0v) is 13.2. The van der Waals surface area contributed by atoms with Crippen LogP contribution in [-0.2, 0) is 0 Å². The van der Waals surface area contributed by atoms with Crippen LogP contribution in [0, 0.1) is 0 Å². The lowest BCUT2D eigenvalue weighted by Gasteiger charge is -2.07. The Labute approximate surface area is 127 Å². The van der Waals surface area contributed by atoms with Gasteiger partial charge in [0.2, 0.25) is 5.88 Å². The molecule has 0 saturated carbocycles. The average molecular weight is 386 g/mol. The van der Waals surface area contributed by atoms with Gasteiger partial charge >= 0.3 is 0 Å². The molecule has 1 aromatic heterocycles. The molecule has 98 valence electrons. The number of benzene rings is 1. The number of halogens is 2. The summed E-state index contributed by atoms with van der Waals surface area (Å²) in [4.78, 5) is 16.1. The van der Waals surface area contributed by atoms with Gasteiger partial charge in [0, 0.05) is 15.0 Å². The summed E-state index contributed by atoms with van der Waals surface area (Å²) in [6.45, 7) is 0. The molecular weight excluding hydrogens is 376 g/mol. The third-order valence-corrected chi connectivity index (χ3v) is 3.53. The number of anilines is 1. The van der Waals surface area contributed by atoms with E-state index in [-0.39, 0.29) is 5.91 Å². The van der Waals surface area contributed by atoms with Gasteiger partial charge in [-0.2, -0.15) is 0 Å². The second kappa shape index (κ2) is 6.16. The number of ether oxygens (including phenoxy) is 1. The van der Waals surface area contributed by atoms with Crippen molar-refractivity contribution in [3.8, 4) is 5.88 Å². The van der Waals surface area contributed by atoms with Crippen LogP contribution in [-0.4, -0.2) is 18.0 Å². The molecular formula is C13H10Br2N2O2. The van der Waals surface area contributed by atoms with Gasteiger partial charge < -0.3 is 10.1 Å². The lowest BCUT2D eigenvalue weighted by atomic mass is 10.2. The zero-order valence-electron chi connectivity index (χ0n) is 9.98. The normalized spacial score (nSPS) is 10.1. The second-order valence-corrected chi connectivity index (χ2v) is 5.44. The first-order chi connectivity index (χ1) is 9.10. The van der Waals surface area contributed by atoms with Gasteiger partial charge in [-0.3, -0.25) is 4.79 Å². The van der Waals surface area contributed by atoms with Crippen molar-refractivity contribution < 1.29 is 9.53 Å². The number of methoxy groups -OCH3 is 1. The molecule has 1 N–H and O–H groups in total. The number of aromatic nitrogens is 1. The third kappa shape index (κ3) is 3.54.